The molecule has 0 spiro atoms. The van der Waals surface area contributed by atoms with Gasteiger partial charge in [0.05, 0.1) is 29.3 Å². The van der Waals surface area contributed by atoms with Crippen molar-refractivity contribution < 1.29 is 31.1 Å². The number of benzene rings is 1. The smallest absolute Gasteiger partial charge is 0.372 e. The fourth-order valence-corrected chi connectivity index (χ4v) is 2.24. The number of fused-ring (bicyclic) bond motifs is 1. The molecule has 1 atom stereocenters. The number of rotatable bonds is 4. The van der Waals surface area contributed by atoms with Gasteiger partial charge in [-0.3, -0.25) is 4.79 Å². The Balaban J connectivity index is 2.57. The van der Waals surface area contributed by atoms with Crippen LogP contribution in [-0.2, 0) is 17.1 Å². The second-order valence-electron chi connectivity index (χ2n) is 6.09. The molecule has 0 unspecified atom stereocenters. The van der Waals surface area contributed by atoms with Crippen molar-refractivity contribution in [2.45, 2.75) is 25.3 Å². The molecular formula is C16H15F6N5O. The van der Waals surface area contributed by atoms with E-state index in [0.717, 1.165) is 6.20 Å². The number of anilines is 1. The molecule has 1 aromatic carbocycles. The maximum absolute atomic E-state index is 13.3. The molecule has 28 heavy (non-hydrogen) atoms. The number of hydrogen-bond donors (Lipinski definition) is 1. The molecule has 0 saturated heterocycles. The molecule has 1 amide bonds. The van der Waals surface area contributed by atoms with Gasteiger partial charge in [0.1, 0.15) is 11.6 Å². The number of aliphatic imine (C=N–C) groups is 1. The summed E-state index contributed by atoms with van der Waals surface area (Å²) in [6.07, 6.45) is -7.93. The number of nitrogens with one attached hydrogen (secondary N) is 1. The summed E-state index contributed by atoms with van der Waals surface area (Å²) >= 11 is 0. The third kappa shape index (κ3) is 4.87. The Morgan fingerprint density at radius 2 is 1.82 bits per heavy atom. The van der Waals surface area contributed by atoms with Crippen molar-refractivity contribution in [3.63, 3.8) is 0 Å². The molecule has 0 bridgehead atoms. The predicted octanol–water partition coefficient (Wildman–Crippen LogP) is 3.58. The second-order valence-corrected chi connectivity index (χ2v) is 6.09. The van der Waals surface area contributed by atoms with Crippen LogP contribution in [0.25, 0.3) is 10.9 Å². The van der Waals surface area contributed by atoms with Crippen molar-refractivity contribution in [3.8, 4) is 0 Å². The van der Waals surface area contributed by atoms with Gasteiger partial charge in [-0.25, -0.2) is 4.99 Å². The van der Waals surface area contributed by atoms with Crippen molar-refractivity contribution in [1.29, 1.82) is 0 Å². The van der Waals surface area contributed by atoms with Gasteiger partial charge in [-0.1, -0.05) is 0 Å². The quantitative estimate of drug-likeness (QED) is 0.477. The number of carbonyl (C=O) groups excluding carboxylic acids is 1. The topological polar surface area (TPSA) is 70.5 Å². The molecule has 0 fully saturated rings. The maximum Gasteiger partial charge on any atom is 0.418 e. The Kier molecular flexibility index (Phi) is 5.80. The van der Waals surface area contributed by atoms with Crippen LogP contribution in [0.2, 0.25) is 0 Å². The minimum Gasteiger partial charge on any atom is -0.372 e. The standard InChI is InChI=1S/C16H15F6N5O/c1-8(14(28)23-7-27(2)3)25-12-6-24-26-13-10(12)4-9(15(17,18)19)5-11(13)16(20,21)22/h4-8H,1-3H3,(H,25,26)/b23-7+/t8-/m0/s1. The molecule has 12 heteroatoms. The Morgan fingerprint density at radius 1 is 1.18 bits per heavy atom. The lowest BCUT2D eigenvalue weighted by atomic mass is 10.0. The Morgan fingerprint density at radius 3 is 2.36 bits per heavy atom. The lowest BCUT2D eigenvalue weighted by Crippen LogP contribution is -2.26. The first kappa shape index (κ1) is 21.4. The number of carbonyl (C=O) groups is 1. The molecule has 0 aliphatic carbocycles. The molecule has 1 aromatic heterocycles. The number of aromatic nitrogens is 2. The first-order valence-electron chi connectivity index (χ1n) is 7.75. The summed E-state index contributed by atoms with van der Waals surface area (Å²) in [6, 6.07) is -0.522. The molecule has 1 heterocycles. The zero-order valence-electron chi connectivity index (χ0n) is 14.9. The fourth-order valence-electron chi connectivity index (χ4n) is 2.24. The summed E-state index contributed by atoms with van der Waals surface area (Å²) in [7, 11) is 3.24. The van der Waals surface area contributed by atoms with E-state index in [-0.39, 0.29) is 11.8 Å². The molecule has 1 N–H and O–H groups in total. The first-order valence-corrected chi connectivity index (χ1v) is 7.75. The molecule has 0 saturated carbocycles. The van der Waals surface area contributed by atoms with E-state index in [4.69, 9.17) is 0 Å². The number of hydrogen-bond acceptors (Lipinski definition) is 4. The van der Waals surface area contributed by atoms with Crippen LogP contribution >= 0.6 is 0 Å². The van der Waals surface area contributed by atoms with Crippen molar-refractivity contribution in [2.24, 2.45) is 4.99 Å². The molecule has 6 nitrogen and oxygen atoms in total. The number of halogens is 6. The van der Waals surface area contributed by atoms with Crippen molar-refractivity contribution in [2.75, 3.05) is 19.4 Å². The highest BCUT2D eigenvalue weighted by Gasteiger charge is 2.39. The largest absolute Gasteiger partial charge is 0.418 e. The summed E-state index contributed by atoms with van der Waals surface area (Å²) in [4.78, 5) is 17.1. The van der Waals surface area contributed by atoms with Gasteiger partial charge in [0.25, 0.3) is 5.91 Å². The van der Waals surface area contributed by atoms with Crippen LogP contribution in [0.15, 0.2) is 23.3 Å². The van der Waals surface area contributed by atoms with Crippen LogP contribution < -0.4 is 5.32 Å². The molecule has 0 radical (unpaired) electrons. The van der Waals surface area contributed by atoms with E-state index in [1.165, 1.54) is 18.2 Å². The lowest BCUT2D eigenvalue weighted by molar-refractivity contribution is -0.142. The summed E-state index contributed by atoms with van der Waals surface area (Å²) in [6.45, 7) is 1.36. The number of amides is 1. The SMILES string of the molecule is C[C@H](Nc1cnnc2c(C(F)(F)F)cc(C(F)(F)F)cc12)C(=O)/N=C/N(C)C. The van der Waals surface area contributed by atoms with E-state index < -0.39 is 46.3 Å². The van der Waals surface area contributed by atoms with Gasteiger partial charge in [0.15, 0.2) is 0 Å². The predicted molar refractivity (Wildman–Crippen MR) is 89.8 cm³/mol. The molecule has 0 aliphatic rings. The van der Waals surface area contributed by atoms with Crippen molar-refractivity contribution in [3.05, 3.63) is 29.5 Å². The van der Waals surface area contributed by atoms with E-state index >= 15 is 0 Å². The number of alkyl halides is 6. The van der Waals surface area contributed by atoms with Crippen molar-refractivity contribution in [1.82, 2.24) is 15.1 Å². The Hall–Kier alpha value is -2.92. The molecule has 2 aromatic rings. The summed E-state index contributed by atoms with van der Waals surface area (Å²) in [5, 5.41) is 8.84. The minimum atomic E-state index is -5.08. The molecular weight excluding hydrogens is 392 g/mol. The second kappa shape index (κ2) is 7.60. The van der Waals surface area contributed by atoms with Crippen LogP contribution in [0.3, 0.4) is 0 Å². The first-order chi connectivity index (χ1) is 12.8. The van der Waals surface area contributed by atoms with Crippen LogP contribution in [0, 0.1) is 0 Å². The van der Waals surface area contributed by atoms with Gasteiger partial charge in [-0.15, -0.1) is 5.10 Å². The molecule has 0 aliphatic heterocycles. The normalized spacial score (nSPS) is 13.8. The van der Waals surface area contributed by atoms with Gasteiger partial charge in [0.2, 0.25) is 0 Å². The number of nitrogens with zero attached hydrogens (tertiary/aromatic N) is 4. The van der Waals surface area contributed by atoms with Crippen LogP contribution in [0.4, 0.5) is 32.0 Å². The van der Waals surface area contributed by atoms with E-state index in [1.54, 1.807) is 14.1 Å². The van der Waals surface area contributed by atoms with E-state index in [0.29, 0.717) is 6.07 Å². The van der Waals surface area contributed by atoms with Gasteiger partial charge >= 0.3 is 12.4 Å². The van der Waals surface area contributed by atoms with Crippen LogP contribution in [0.5, 0.6) is 0 Å². The fraction of sp³-hybridized carbons (Fsp3) is 0.375. The zero-order chi connectivity index (χ0) is 21.3. The monoisotopic (exact) mass is 407 g/mol. The van der Waals surface area contributed by atoms with E-state index in [1.807, 2.05) is 0 Å². The Bertz CT molecular complexity index is 907. The molecule has 152 valence electrons. The highest BCUT2D eigenvalue weighted by atomic mass is 19.4. The zero-order valence-corrected chi connectivity index (χ0v) is 14.9. The van der Waals surface area contributed by atoms with Crippen LogP contribution in [-0.4, -0.2) is 47.5 Å². The lowest BCUT2D eigenvalue weighted by Gasteiger charge is -2.17. The van der Waals surface area contributed by atoms with Crippen LogP contribution in [0.1, 0.15) is 18.1 Å². The van der Waals surface area contributed by atoms with Gasteiger partial charge in [-0.2, -0.15) is 31.4 Å². The van der Waals surface area contributed by atoms with Crippen molar-refractivity contribution >= 4 is 28.8 Å². The third-order valence-electron chi connectivity index (χ3n) is 3.54. The summed E-state index contributed by atoms with van der Waals surface area (Å²) in [5.74, 6) is -0.679. The van der Waals surface area contributed by atoms with Gasteiger partial charge < -0.3 is 10.2 Å². The highest BCUT2D eigenvalue weighted by Crippen LogP contribution is 2.40. The van der Waals surface area contributed by atoms with Gasteiger partial charge in [0, 0.05) is 19.5 Å². The average molecular weight is 407 g/mol. The van der Waals surface area contributed by atoms with E-state index in [2.05, 4.69) is 20.5 Å². The van der Waals surface area contributed by atoms with E-state index in [9.17, 15) is 31.1 Å². The van der Waals surface area contributed by atoms with Gasteiger partial charge in [-0.05, 0) is 19.1 Å². The molecule has 2 rings (SSSR count). The Labute approximate surface area is 155 Å². The third-order valence-corrected chi connectivity index (χ3v) is 3.54. The highest BCUT2D eigenvalue weighted by molar-refractivity contribution is 5.96. The summed E-state index contributed by atoms with van der Waals surface area (Å²) in [5.41, 5.74) is -4.03. The average Bonchev–Trinajstić information content (AvgIpc) is 2.57. The summed E-state index contributed by atoms with van der Waals surface area (Å²) < 4.78 is 79.0. The maximum atomic E-state index is 13.3. The minimum absolute atomic E-state index is 0.0171.